The number of amides is 1. The predicted octanol–water partition coefficient (Wildman–Crippen LogP) is 1.63. The summed E-state index contributed by atoms with van der Waals surface area (Å²) in [7, 11) is 3.00. The number of carbonyl (C=O) groups is 2. The molecule has 112 valence electrons. The van der Waals surface area contributed by atoms with Crippen molar-refractivity contribution < 1.29 is 14.3 Å². The first-order chi connectivity index (χ1) is 9.93. The van der Waals surface area contributed by atoms with Crippen LogP contribution in [0, 0.1) is 5.92 Å². The molecule has 1 atom stereocenters. The van der Waals surface area contributed by atoms with Gasteiger partial charge in [0.25, 0.3) is 5.91 Å². The van der Waals surface area contributed by atoms with E-state index in [1.807, 2.05) is 6.07 Å². The molecule has 6 heteroatoms. The lowest BCUT2D eigenvalue weighted by molar-refractivity contribution is -0.145. The number of aromatic amines is 1. The number of H-pyrrole nitrogens is 1. The smallest absolute Gasteiger partial charge is 0.310 e. The Kier molecular flexibility index (Phi) is 4.16. The molecule has 0 bridgehead atoms. The summed E-state index contributed by atoms with van der Waals surface area (Å²) in [5.41, 5.74) is 7.72. The first-order valence-corrected chi connectivity index (χ1v) is 6.64. The fourth-order valence-electron chi connectivity index (χ4n) is 2.30. The molecule has 6 nitrogen and oxygen atoms in total. The van der Waals surface area contributed by atoms with E-state index in [-0.39, 0.29) is 17.8 Å². The second-order valence-corrected chi connectivity index (χ2v) is 5.12. The van der Waals surface area contributed by atoms with Gasteiger partial charge in [-0.2, -0.15) is 0 Å². The Labute approximate surface area is 122 Å². The summed E-state index contributed by atoms with van der Waals surface area (Å²) < 4.78 is 4.67. The SMILES string of the molecule is COC(=O)C(C)CN(C)C(=O)c1c[nH]c2cc(N)ccc12. The molecule has 21 heavy (non-hydrogen) atoms. The van der Waals surface area contributed by atoms with Gasteiger partial charge >= 0.3 is 5.97 Å². The summed E-state index contributed by atoms with van der Waals surface area (Å²) in [6.07, 6.45) is 1.66. The summed E-state index contributed by atoms with van der Waals surface area (Å²) >= 11 is 0. The molecule has 0 aliphatic rings. The van der Waals surface area contributed by atoms with E-state index in [2.05, 4.69) is 9.72 Å². The average molecular weight is 289 g/mol. The molecule has 3 N–H and O–H groups in total. The molecule has 0 radical (unpaired) electrons. The van der Waals surface area contributed by atoms with E-state index in [0.29, 0.717) is 17.8 Å². The van der Waals surface area contributed by atoms with Gasteiger partial charge < -0.3 is 20.4 Å². The maximum Gasteiger partial charge on any atom is 0.310 e. The topological polar surface area (TPSA) is 88.4 Å². The van der Waals surface area contributed by atoms with Crippen LogP contribution in [-0.2, 0) is 9.53 Å². The highest BCUT2D eigenvalue weighted by molar-refractivity contribution is 6.07. The number of fused-ring (bicyclic) bond motifs is 1. The Balaban J connectivity index is 2.20. The van der Waals surface area contributed by atoms with Crippen LogP contribution in [0.2, 0.25) is 0 Å². The highest BCUT2D eigenvalue weighted by atomic mass is 16.5. The summed E-state index contributed by atoms with van der Waals surface area (Å²) in [4.78, 5) is 28.4. The quantitative estimate of drug-likeness (QED) is 0.661. The lowest BCUT2D eigenvalue weighted by atomic mass is 10.1. The Hall–Kier alpha value is -2.50. The van der Waals surface area contributed by atoms with Crippen molar-refractivity contribution >= 4 is 28.5 Å². The van der Waals surface area contributed by atoms with Gasteiger partial charge in [-0.3, -0.25) is 9.59 Å². The lowest BCUT2D eigenvalue weighted by Crippen LogP contribution is -2.34. The third-order valence-electron chi connectivity index (χ3n) is 3.43. The fourth-order valence-corrected chi connectivity index (χ4v) is 2.30. The third-order valence-corrected chi connectivity index (χ3v) is 3.43. The fraction of sp³-hybridized carbons (Fsp3) is 0.333. The third kappa shape index (κ3) is 2.99. The van der Waals surface area contributed by atoms with E-state index >= 15 is 0 Å². The minimum atomic E-state index is -0.371. The van der Waals surface area contributed by atoms with Crippen molar-refractivity contribution in [2.24, 2.45) is 5.92 Å². The molecule has 1 aromatic carbocycles. The molecular weight excluding hydrogens is 270 g/mol. The summed E-state index contributed by atoms with van der Waals surface area (Å²) in [6.45, 7) is 2.03. The van der Waals surface area contributed by atoms with Gasteiger partial charge in [-0.25, -0.2) is 0 Å². The second-order valence-electron chi connectivity index (χ2n) is 5.12. The normalized spacial score (nSPS) is 12.1. The van der Waals surface area contributed by atoms with Crippen LogP contribution in [0.4, 0.5) is 5.69 Å². The summed E-state index contributed by atoms with van der Waals surface area (Å²) in [6, 6.07) is 5.35. The van der Waals surface area contributed by atoms with Gasteiger partial charge in [0.05, 0.1) is 18.6 Å². The number of benzene rings is 1. The van der Waals surface area contributed by atoms with E-state index < -0.39 is 0 Å². The first kappa shape index (κ1) is 14.9. The Bertz CT molecular complexity index is 678. The predicted molar refractivity (Wildman–Crippen MR) is 80.9 cm³/mol. The maximum absolute atomic E-state index is 12.5. The number of methoxy groups -OCH3 is 1. The minimum absolute atomic E-state index is 0.151. The van der Waals surface area contributed by atoms with E-state index in [4.69, 9.17) is 5.73 Å². The molecule has 2 aromatic rings. The number of nitrogens with two attached hydrogens (primary N) is 1. The van der Waals surface area contributed by atoms with Crippen LogP contribution < -0.4 is 5.73 Å². The van der Waals surface area contributed by atoms with Gasteiger partial charge in [-0.1, -0.05) is 6.92 Å². The van der Waals surface area contributed by atoms with Crippen LogP contribution in [0.5, 0.6) is 0 Å². The maximum atomic E-state index is 12.5. The van der Waals surface area contributed by atoms with Gasteiger partial charge in [0.15, 0.2) is 0 Å². The van der Waals surface area contributed by atoms with E-state index in [9.17, 15) is 9.59 Å². The summed E-state index contributed by atoms with van der Waals surface area (Å²) in [5, 5.41) is 0.812. The monoisotopic (exact) mass is 289 g/mol. The van der Waals surface area contributed by atoms with Gasteiger partial charge in [0, 0.05) is 36.4 Å². The first-order valence-electron chi connectivity index (χ1n) is 6.64. The number of ether oxygens (including phenoxy) is 1. The molecule has 0 aliphatic heterocycles. The number of nitrogens with one attached hydrogen (secondary N) is 1. The second kappa shape index (κ2) is 5.87. The van der Waals surface area contributed by atoms with E-state index in [1.165, 1.54) is 12.0 Å². The van der Waals surface area contributed by atoms with Crippen LogP contribution in [0.25, 0.3) is 10.9 Å². The average Bonchev–Trinajstić information content (AvgIpc) is 2.88. The summed E-state index contributed by atoms with van der Waals surface area (Å²) in [5.74, 6) is -0.854. The van der Waals surface area contributed by atoms with Crippen molar-refractivity contribution in [3.05, 3.63) is 30.0 Å². The molecule has 0 aliphatic carbocycles. The number of hydrogen-bond acceptors (Lipinski definition) is 4. The van der Waals surface area contributed by atoms with Crippen molar-refractivity contribution in [3.63, 3.8) is 0 Å². The van der Waals surface area contributed by atoms with Crippen molar-refractivity contribution in [1.82, 2.24) is 9.88 Å². The molecular formula is C15H19N3O3. The number of aromatic nitrogens is 1. The van der Waals surface area contributed by atoms with Crippen molar-refractivity contribution in [1.29, 1.82) is 0 Å². The van der Waals surface area contributed by atoms with Gasteiger partial charge in [0.1, 0.15) is 0 Å². The van der Waals surface area contributed by atoms with Crippen LogP contribution >= 0.6 is 0 Å². The van der Waals surface area contributed by atoms with Crippen LogP contribution in [0.1, 0.15) is 17.3 Å². The van der Waals surface area contributed by atoms with Crippen molar-refractivity contribution in [2.75, 3.05) is 26.4 Å². The lowest BCUT2D eigenvalue weighted by Gasteiger charge is -2.20. The number of esters is 1. The Morgan fingerprint density at radius 3 is 2.81 bits per heavy atom. The zero-order chi connectivity index (χ0) is 15.6. The van der Waals surface area contributed by atoms with Crippen LogP contribution in [0.15, 0.2) is 24.4 Å². The van der Waals surface area contributed by atoms with Gasteiger partial charge in [-0.15, -0.1) is 0 Å². The molecule has 0 fully saturated rings. The van der Waals surface area contributed by atoms with Gasteiger partial charge in [0.2, 0.25) is 0 Å². The highest BCUT2D eigenvalue weighted by Gasteiger charge is 2.21. The van der Waals surface area contributed by atoms with Crippen LogP contribution in [-0.4, -0.2) is 42.5 Å². The molecule has 1 amide bonds. The zero-order valence-electron chi connectivity index (χ0n) is 12.3. The molecule has 0 saturated carbocycles. The molecule has 1 unspecified atom stereocenters. The number of nitrogen functional groups attached to an aromatic ring is 1. The van der Waals surface area contributed by atoms with Crippen molar-refractivity contribution in [2.45, 2.75) is 6.92 Å². The minimum Gasteiger partial charge on any atom is -0.469 e. The molecule has 0 saturated heterocycles. The zero-order valence-corrected chi connectivity index (χ0v) is 12.3. The number of rotatable bonds is 4. The number of hydrogen-bond donors (Lipinski definition) is 2. The van der Waals surface area contributed by atoms with Gasteiger partial charge in [-0.05, 0) is 18.2 Å². The number of carbonyl (C=O) groups excluding carboxylic acids is 2. The van der Waals surface area contributed by atoms with E-state index in [1.54, 1.807) is 32.3 Å². The Morgan fingerprint density at radius 1 is 1.43 bits per heavy atom. The van der Waals surface area contributed by atoms with E-state index in [0.717, 1.165) is 10.9 Å². The number of anilines is 1. The van der Waals surface area contributed by atoms with Crippen LogP contribution in [0.3, 0.4) is 0 Å². The highest BCUT2D eigenvalue weighted by Crippen LogP contribution is 2.22. The molecule has 1 aromatic heterocycles. The van der Waals surface area contributed by atoms with Crippen molar-refractivity contribution in [3.8, 4) is 0 Å². The Morgan fingerprint density at radius 2 is 2.14 bits per heavy atom. The standard InChI is InChI=1S/C15H19N3O3/c1-9(15(20)21-3)8-18(2)14(19)12-7-17-13-6-10(16)4-5-11(12)13/h4-7,9,17H,8,16H2,1-3H3. The number of nitrogens with zero attached hydrogens (tertiary/aromatic N) is 1. The molecule has 2 rings (SSSR count). The molecule has 1 heterocycles. The largest absolute Gasteiger partial charge is 0.469 e. The molecule has 0 spiro atoms.